The lowest BCUT2D eigenvalue weighted by molar-refractivity contribution is -0.385. The Hall–Kier alpha value is -1.62. The van der Waals surface area contributed by atoms with Crippen molar-refractivity contribution in [2.24, 2.45) is 0 Å². The van der Waals surface area contributed by atoms with Gasteiger partial charge in [-0.1, -0.05) is 6.07 Å². The first-order valence-corrected chi connectivity index (χ1v) is 4.36. The SMILES string of the molecule is O=[N+]([O-])c1cccc2c1C[C@@H](CO)N2. The van der Waals surface area contributed by atoms with Gasteiger partial charge in [0, 0.05) is 18.2 Å². The van der Waals surface area contributed by atoms with Gasteiger partial charge in [0.25, 0.3) is 5.69 Å². The molecular formula is C9H10N2O3. The van der Waals surface area contributed by atoms with E-state index in [1.54, 1.807) is 12.1 Å². The Balaban J connectivity index is 2.41. The van der Waals surface area contributed by atoms with Crippen molar-refractivity contribution in [3.63, 3.8) is 0 Å². The highest BCUT2D eigenvalue weighted by molar-refractivity contribution is 5.64. The molecule has 1 atom stereocenters. The van der Waals surface area contributed by atoms with E-state index in [1.807, 2.05) is 0 Å². The van der Waals surface area contributed by atoms with Crippen molar-refractivity contribution in [2.75, 3.05) is 11.9 Å². The van der Waals surface area contributed by atoms with Gasteiger partial charge >= 0.3 is 0 Å². The Morgan fingerprint density at radius 1 is 1.64 bits per heavy atom. The van der Waals surface area contributed by atoms with E-state index in [0.29, 0.717) is 12.0 Å². The number of hydrogen-bond acceptors (Lipinski definition) is 4. The Bertz CT molecular complexity index is 378. The first kappa shape index (κ1) is 8.96. The highest BCUT2D eigenvalue weighted by atomic mass is 16.6. The number of fused-ring (bicyclic) bond motifs is 1. The fourth-order valence-corrected chi connectivity index (χ4v) is 1.72. The molecule has 0 radical (unpaired) electrons. The maximum absolute atomic E-state index is 10.7. The summed E-state index contributed by atoms with van der Waals surface area (Å²) < 4.78 is 0. The van der Waals surface area contributed by atoms with Crippen molar-refractivity contribution in [3.8, 4) is 0 Å². The number of nitro benzene ring substituents is 1. The molecule has 0 aliphatic carbocycles. The van der Waals surface area contributed by atoms with E-state index in [-0.39, 0.29) is 23.3 Å². The Morgan fingerprint density at radius 3 is 3.07 bits per heavy atom. The van der Waals surface area contributed by atoms with Gasteiger partial charge in [-0.2, -0.15) is 0 Å². The molecule has 0 saturated carbocycles. The number of nitro groups is 1. The lowest BCUT2D eigenvalue weighted by Gasteiger charge is -2.04. The standard InChI is InChI=1S/C9H10N2O3/c12-5-6-4-7-8(10-6)2-1-3-9(7)11(13)14/h1-3,6,10,12H,4-5H2/t6-/m0/s1. The van der Waals surface area contributed by atoms with Crippen LogP contribution in [0, 0.1) is 10.1 Å². The molecule has 1 aliphatic heterocycles. The highest BCUT2D eigenvalue weighted by Crippen LogP contribution is 2.32. The molecule has 0 unspecified atom stereocenters. The second-order valence-electron chi connectivity index (χ2n) is 3.29. The second kappa shape index (κ2) is 3.26. The number of hydrogen-bond donors (Lipinski definition) is 2. The van der Waals surface area contributed by atoms with E-state index in [4.69, 9.17) is 5.11 Å². The van der Waals surface area contributed by atoms with Crippen molar-refractivity contribution < 1.29 is 10.0 Å². The minimum absolute atomic E-state index is 0.00810. The van der Waals surface area contributed by atoms with Crippen molar-refractivity contribution in [3.05, 3.63) is 33.9 Å². The molecule has 0 fully saturated rings. The fourth-order valence-electron chi connectivity index (χ4n) is 1.72. The van der Waals surface area contributed by atoms with Gasteiger partial charge in [0.15, 0.2) is 0 Å². The summed E-state index contributed by atoms with van der Waals surface area (Å²) in [6, 6.07) is 4.83. The van der Waals surface area contributed by atoms with Crippen LogP contribution in [-0.2, 0) is 6.42 Å². The summed E-state index contributed by atoms with van der Waals surface area (Å²) in [6.07, 6.45) is 0.517. The maximum Gasteiger partial charge on any atom is 0.274 e. The Morgan fingerprint density at radius 2 is 2.43 bits per heavy atom. The normalized spacial score (nSPS) is 18.8. The van der Waals surface area contributed by atoms with E-state index in [9.17, 15) is 10.1 Å². The van der Waals surface area contributed by atoms with Gasteiger partial charge in [-0.3, -0.25) is 10.1 Å². The topological polar surface area (TPSA) is 75.4 Å². The van der Waals surface area contributed by atoms with E-state index < -0.39 is 0 Å². The van der Waals surface area contributed by atoms with Crippen LogP contribution in [0.2, 0.25) is 0 Å². The number of nitrogens with zero attached hydrogens (tertiary/aromatic N) is 1. The van der Waals surface area contributed by atoms with Crippen LogP contribution in [0.5, 0.6) is 0 Å². The summed E-state index contributed by atoms with van der Waals surface area (Å²) in [6.45, 7) is -0.00810. The zero-order valence-electron chi connectivity index (χ0n) is 7.43. The third-order valence-corrected chi connectivity index (χ3v) is 2.38. The lowest BCUT2D eigenvalue weighted by Crippen LogP contribution is -2.19. The molecule has 74 valence electrons. The monoisotopic (exact) mass is 194 g/mol. The number of benzene rings is 1. The van der Waals surface area contributed by atoms with E-state index in [0.717, 1.165) is 5.69 Å². The molecule has 2 N–H and O–H groups in total. The van der Waals surface area contributed by atoms with Crippen LogP contribution in [0.1, 0.15) is 5.56 Å². The average Bonchev–Trinajstić information content (AvgIpc) is 2.59. The van der Waals surface area contributed by atoms with Crippen LogP contribution in [-0.4, -0.2) is 22.7 Å². The Labute approximate surface area is 80.5 Å². The summed E-state index contributed by atoms with van der Waals surface area (Å²) in [5.74, 6) is 0. The number of aliphatic hydroxyl groups excluding tert-OH is 1. The van der Waals surface area contributed by atoms with Gasteiger partial charge in [0.05, 0.1) is 23.1 Å². The molecule has 0 saturated heterocycles. The summed E-state index contributed by atoms with van der Waals surface area (Å²) in [5.41, 5.74) is 1.58. The lowest BCUT2D eigenvalue weighted by atomic mass is 10.1. The number of nitrogens with one attached hydrogen (secondary N) is 1. The number of anilines is 1. The van der Waals surface area contributed by atoms with Crippen molar-refractivity contribution >= 4 is 11.4 Å². The quantitative estimate of drug-likeness (QED) is 0.542. The van der Waals surface area contributed by atoms with Crippen LogP contribution in [0.25, 0.3) is 0 Å². The molecule has 0 bridgehead atoms. The van der Waals surface area contributed by atoms with E-state index in [1.165, 1.54) is 6.07 Å². The van der Waals surface area contributed by atoms with Gasteiger partial charge in [-0.05, 0) is 6.07 Å². The Kier molecular flexibility index (Phi) is 2.09. The molecule has 0 aromatic heterocycles. The molecule has 5 nitrogen and oxygen atoms in total. The largest absolute Gasteiger partial charge is 0.394 e. The maximum atomic E-state index is 10.7. The van der Waals surface area contributed by atoms with E-state index >= 15 is 0 Å². The molecule has 5 heteroatoms. The summed E-state index contributed by atoms with van der Waals surface area (Å²) in [4.78, 5) is 10.3. The van der Waals surface area contributed by atoms with Crippen molar-refractivity contribution in [1.29, 1.82) is 0 Å². The molecule has 1 heterocycles. The van der Waals surface area contributed by atoms with Gasteiger partial charge in [-0.15, -0.1) is 0 Å². The molecule has 2 rings (SSSR count). The van der Waals surface area contributed by atoms with Gasteiger partial charge in [0.1, 0.15) is 0 Å². The minimum Gasteiger partial charge on any atom is -0.394 e. The van der Waals surface area contributed by atoms with Gasteiger partial charge in [-0.25, -0.2) is 0 Å². The molecule has 0 amide bonds. The summed E-state index contributed by atoms with van der Waals surface area (Å²) >= 11 is 0. The van der Waals surface area contributed by atoms with E-state index in [2.05, 4.69) is 5.32 Å². The zero-order chi connectivity index (χ0) is 10.1. The zero-order valence-corrected chi connectivity index (χ0v) is 7.43. The number of aliphatic hydroxyl groups is 1. The molecule has 1 aromatic rings. The van der Waals surface area contributed by atoms with Crippen molar-refractivity contribution in [1.82, 2.24) is 0 Å². The predicted molar refractivity (Wildman–Crippen MR) is 51.3 cm³/mol. The van der Waals surface area contributed by atoms with Crippen LogP contribution >= 0.6 is 0 Å². The average molecular weight is 194 g/mol. The third-order valence-electron chi connectivity index (χ3n) is 2.38. The van der Waals surface area contributed by atoms with Gasteiger partial charge in [0.2, 0.25) is 0 Å². The van der Waals surface area contributed by atoms with Crippen LogP contribution in [0.4, 0.5) is 11.4 Å². The van der Waals surface area contributed by atoms with Crippen molar-refractivity contribution in [2.45, 2.75) is 12.5 Å². The number of rotatable bonds is 2. The van der Waals surface area contributed by atoms with Crippen LogP contribution in [0.3, 0.4) is 0 Å². The highest BCUT2D eigenvalue weighted by Gasteiger charge is 2.26. The molecule has 14 heavy (non-hydrogen) atoms. The van der Waals surface area contributed by atoms with Crippen LogP contribution < -0.4 is 5.32 Å². The van der Waals surface area contributed by atoms with Crippen LogP contribution in [0.15, 0.2) is 18.2 Å². The third kappa shape index (κ3) is 1.31. The first-order valence-electron chi connectivity index (χ1n) is 4.36. The molecule has 1 aliphatic rings. The second-order valence-corrected chi connectivity index (χ2v) is 3.29. The summed E-state index contributed by atoms with van der Waals surface area (Å²) in [5, 5.41) is 22.6. The molecular weight excluding hydrogens is 184 g/mol. The summed E-state index contributed by atoms with van der Waals surface area (Å²) in [7, 11) is 0. The minimum atomic E-state index is -0.389. The smallest absolute Gasteiger partial charge is 0.274 e. The molecule has 1 aromatic carbocycles. The molecule has 0 spiro atoms. The first-order chi connectivity index (χ1) is 6.72. The fraction of sp³-hybridized carbons (Fsp3) is 0.333. The van der Waals surface area contributed by atoms with Gasteiger partial charge < -0.3 is 10.4 Å². The predicted octanol–water partition coefficient (Wildman–Crippen LogP) is 0.924.